The molecular weight excluding hydrogens is 375 g/mol. The molecule has 1 fully saturated rings. The number of piperidine rings is 1. The summed E-state index contributed by atoms with van der Waals surface area (Å²) >= 11 is 0. The van der Waals surface area contributed by atoms with Gasteiger partial charge in [-0.1, -0.05) is 12.1 Å². The second kappa shape index (κ2) is 8.89. The highest BCUT2D eigenvalue weighted by molar-refractivity contribution is 5.76. The van der Waals surface area contributed by atoms with Crippen molar-refractivity contribution in [3.05, 3.63) is 48.4 Å². The summed E-state index contributed by atoms with van der Waals surface area (Å²) in [6.45, 7) is 2.12. The predicted molar refractivity (Wildman–Crippen MR) is 106 cm³/mol. The van der Waals surface area contributed by atoms with E-state index in [0.717, 1.165) is 19.4 Å². The van der Waals surface area contributed by atoms with Crippen molar-refractivity contribution >= 4 is 23.2 Å². The van der Waals surface area contributed by atoms with E-state index < -0.39 is 5.82 Å². The number of amides is 1. The molecule has 0 spiro atoms. The van der Waals surface area contributed by atoms with Gasteiger partial charge in [0.25, 0.3) is 6.01 Å². The van der Waals surface area contributed by atoms with Crippen molar-refractivity contribution in [2.24, 2.45) is 5.92 Å². The minimum Gasteiger partial charge on any atom is -0.489 e. The summed E-state index contributed by atoms with van der Waals surface area (Å²) in [5, 5.41) is 2.84. The topological polar surface area (TPSA) is 80.5 Å². The van der Waals surface area contributed by atoms with Gasteiger partial charge in [-0.15, -0.1) is 0 Å². The second-order valence-corrected chi connectivity index (χ2v) is 7.11. The zero-order valence-corrected chi connectivity index (χ0v) is 16.0. The number of nitrogens with one attached hydrogen (secondary N) is 1. The standard InChI is InChI=1S/C21H23FN4O3/c22-16-6-1-2-7-17(16)28-12-10-23-19(27)13-15-5-4-11-26(14-15)21-25-20-18(29-21)8-3-9-24-20/h1-3,6-9,15H,4-5,10-14H2,(H,23,27). The fourth-order valence-electron chi connectivity index (χ4n) is 3.55. The minimum absolute atomic E-state index is 0.0341. The van der Waals surface area contributed by atoms with Crippen LogP contribution in [0.3, 0.4) is 0 Å². The van der Waals surface area contributed by atoms with Gasteiger partial charge >= 0.3 is 0 Å². The van der Waals surface area contributed by atoms with Gasteiger partial charge in [0.2, 0.25) is 11.6 Å². The van der Waals surface area contributed by atoms with Crippen LogP contribution in [-0.2, 0) is 4.79 Å². The molecule has 152 valence electrons. The van der Waals surface area contributed by atoms with Crippen molar-refractivity contribution in [2.45, 2.75) is 19.3 Å². The van der Waals surface area contributed by atoms with Gasteiger partial charge in [0.05, 0.1) is 6.54 Å². The number of carbonyl (C=O) groups excluding carboxylic acids is 1. The summed E-state index contributed by atoms with van der Waals surface area (Å²) < 4.78 is 24.6. The van der Waals surface area contributed by atoms with Crippen LogP contribution in [0, 0.1) is 11.7 Å². The number of hydrogen-bond acceptors (Lipinski definition) is 6. The van der Waals surface area contributed by atoms with E-state index in [-0.39, 0.29) is 24.2 Å². The Morgan fingerprint density at radius 3 is 3.07 bits per heavy atom. The Bertz CT molecular complexity index is 944. The number of oxazole rings is 1. The quantitative estimate of drug-likeness (QED) is 0.616. The molecule has 1 N–H and O–H groups in total. The number of benzene rings is 1. The number of fused-ring (bicyclic) bond motifs is 1. The normalized spacial score (nSPS) is 16.7. The summed E-state index contributed by atoms with van der Waals surface area (Å²) in [5.74, 6) is -0.0274. The highest BCUT2D eigenvalue weighted by Gasteiger charge is 2.25. The number of rotatable bonds is 7. The van der Waals surface area contributed by atoms with Gasteiger partial charge < -0.3 is 19.4 Å². The average Bonchev–Trinajstić information content (AvgIpc) is 3.17. The van der Waals surface area contributed by atoms with Crippen molar-refractivity contribution in [1.82, 2.24) is 15.3 Å². The first-order valence-electron chi connectivity index (χ1n) is 9.79. The molecule has 3 heterocycles. The van der Waals surface area contributed by atoms with E-state index in [2.05, 4.69) is 20.2 Å². The number of anilines is 1. The third-order valence-corrected chi connectivity index (χ3v) is 4.94. The summed E-state index contributed by atoms with van der Waals surface area (Å²) in [5.41, 5.74) is 1.26. The first-order valence-corrected chi connectivity index (χ1v) is 9.79. The third-order valence-electron chi connectivity index (χ3n) is 4.94. The van der Waals surface area contributed by atoms with Crippen LogP contribution in [-0.4, -0.2) is 42.1 Å². The Hall–Kier alpha value is -3.16. The van der Waals surface area contributed by atoms with E-state index in [9.17, 15) is 9.18 Å². The monoisotopic (exact) mass is 398 g/mol. The van der Waals surface area contributed by atoms with E-state index in [4.69, 9.17) is 9.15 Å². The van der Waals surface area contributed by atoms with Crippen LogP contribution in [0.15, 0.2) is 47.0 Å². The van der Waals surface area contributed by atoms with Gasteiger partial charge in [0.1, 0.15) is 6.61 Å². The Balaban J connectivity index is 1.23. The molecule has 4 rings (SSSR count). The van der Waals surface area contributed by atoms with Gasteiger partial charge in [-0.25, -0.2) is 9.37 Å². The summed E-state index contributed by atoms with van der Waals surface area (Å²) in [7, 11) is 0. The highest BCUT2D eigenvalue weighted by Crippen LogP contribution is 2.26. The molecule has 1 aliphatic rings. The zero-order valence-electron chi connectivity index (χ0n) is 16.0. The minimum atomic E-state index is -0.407. The lowest BCUT2D eigenvalue weighted by Crippen LogP contribution is -2.38. The lowest BCUT2D eigenvalue weighted by molar-refractivity contribution is -0.122. The molecule has 0 saturated carbocycles. The van der Waals surface area contributed by atoms with Crippen LogP contribution in [0.5, 0.6) is 5.75 Å². The maximum atomic E-state index is 13.5. The number of aromatic nitrogens is 2. The number of para-hydroxylation sites is 1. The Morgan fingerprint density at radius 1 is 1.31 bits per heavy atom. The van der Waals surface area contributed by atoms with E-state index in [1.807, 2.05) is 12.1 Å². The van der Waals surface area contributed by atoms with E-state index >= 15 is 0 Å². The van der Waals surface area contributed by atoms with Gasteiger partial charge in [0, 0.05) is 25.7 Å². The molecule has 1 aromatic carbocycles. The number of pyridine rings is 1. The average molecular weight is 398 g/mol. The lowest BCUT2D eigenvalue weighted by atomic mass is 9.95. The second-order valence-electron chi connectivity index (χ2n) is 7.11. The van der Waals surface area contributed by atoms with Crippen LogP contribution in [0.25, 0.3) is 11.2 Å². The lowest BCUT2D eigenvalue weighted by Gasteiger charge is -2.31. The zero-order chi connectivity index (χ0) is 20.1. The van der Waals surface area contributed by atoms with Gasteiger partial charge in [-0.3, -0.25) is 4.79 Å². The molecule has 29 heavy (non-hydrogen) atoms. The van der Waals surface area contributed by atoms with Crippen LogP contribution < -0.4 is 15.0 Å². The van der Waals surface area contributed by atoms with E-state index in [1.165, 1.54) is 6.07 Å². The van der Waals surface area contributed by atoms with Crippen molar-refractivity contribution < 1.29 is 18.3 Å². The number of carbonyl (C=O) groups is 1. The molecule has 8 heteroatoms. The summed E-state index contributed by atoms with van der Waals surface area (Å²) in [6.07, 6.45) is 4.07. The maximum absolute atomic E-state index is 13.5. The smallest absolute Gasteiger partial charge is 0.299 e. The van der Waals surface area contributed by atoms with Crippen molar-refractivity contribution in [3.63, 3.8) is 0 Å². The number of ether oxygens (including phenoxy) is 1. The molecule has 0 aliphatic carbocycles. The molecule has 1 saturated heterocycles. The van der Waals surface area contributed by atoms with Crippen LogP contribution in [0.2, 0.25) is 0 Å². The maximum Gasteiger partial charge on any atom is 0.299 e. The molecule has 0 radical (unpaired) electrons. The molecular formula is C21H23FN4O3. The van der Waals surface area contributed by atoms with Gasteiger partial charge in [-0.2, -0.15) is 4.98 Å². The van der Waals surface area contributed by atoms with E-state index in [0.29, 0.717) is 36.8 Å². The SMILES string of the molecule is O=C(CC1CCCN(c2nc3ncccc3o2)C1)NCCOc1ccccc1F. The largest absolute Gasteiger partial charge is 0.489 e. The molecule has 0 bridgehead atoms. The van der Waals surface area contributed by atoms with E-state index in [1.54, 1.807) is 24.4 Å². The third kappa shape index (κ3) is 4.82. The first-order chi connectivity index (χ1) is 14.2. The highest BCUT2D eigenvalue weighted by atomic mass is 19.1. The molecule has 1 amide bonds. The summed E-state index contributed by atoms with van der Waals surface area (Å²) in [4.78, 5) is 23.0. The molecule has 1 atom stereocenters. The fourth-order valence-corrected chi connectivity index (χ4v) is 3.55. The first kappa shape index (κ1) is 19.2. The Morgan fingerprint density at radius 2 is 2.21 bits per heavy atom. The Labute approximate surface area is 167 Å². The fraction of sp³-hybridized carbons (Fsp3) is 0.381. The molecule has 7 nitrogen and oxygen atoms in total. The van der Waals surface area contributed by atoms with Gasteiger partial charge in [0.15, 0.2) is 17.1 Å². The van der Waals surface area contributed by atoms with Crippen molar-refractivity contribution in [2.75, 3.05) is 31.1 Å². The van der Waals surface area contributed by atoms with Crippen LogP contribution in [0.4, 0.5) is 10.4 Å². The molecule has 1 unspecified atom stereocenters. The number of halogens is 1. The summed E-state index contributed by atoms with van der Waals surface area (Å²) in [6, 6.07) is 10.4. The molecule has 1 aliphatic heterocycles. The molecule has 3 aromatic rings. The Kier molecular flexibility index (Phi) is 5.88. The predicted octanol–water partition coefficient (Wildman–Crippen LogP) is 3.16. The van der Waals surface area contributed by atoms with Crippen LogP contribution >= 0.6 is 0 Å². The van der Waals surface area contributed by atoms with Crippen molar-refractivity contribution in [3.8, 4) is 5.75 Å². The molecule has 2 aromatic heterocycles. The van der Waals surface area contributed by atoms with Crippen molar-refractivity contribution in [1.29, 1.82) is 0 Å². The number of nitrogens with zero attached hydrogens (tertiary/aromatic N) is 3. The number of hydrogen-bond donors (Lipinski definition) is 1. The van der Waals surface area contributed by atoms with Gasteiger partial charge in [-0.05, 0) is 43.0 Å². The van der Waals surface area contributed by atoms with Crippen LogP contribution in [0.1, 0.15) is 19.3 Å².